The molecule has 0 radical (unpaired) electrons. The van der Waals surface area contributed by atoms with Gasteiger partial charge in [0.2, 0.25) is 0 Å². The molecule has 4 nitrogen and oxygen atoms in total. The van der Waals surface area contributed by atoms with Crippen LogP contribution in [-0.2, 0) is 13.0 Å². The number of fused-ring (bicyclic) bond motifs is 1. The number of aromatic nitrogens is 1. The molecule has 0 aliphatic rings. The number of unbranched alkanes of at least 4 members (excludes halogenated alkanes) is 1. The van der Waals surface area contributed by atoms with Crippen molar-refractivity contribution in [1.29, 1.82) is 0 Å². The highest BCUT2D eigenvalue weighted by atomic mass is 16.4. The summed E-state index contributed by atoms with van der Waals surface area (Å²) in [6, 6.07) is 3.94. The third-order valence-electron chi connectivity index (χ3n) is 4.33. The minimum absolute atomic E-state index is 0.150. The molecule has 2 N–H and O–H groups in total. The lowest BCUT2D eigenvalue weighted by atomic mass is 9.96. The van der Waals surface area contributed by atoms with Gasteiger partial charge in [0.15, 0.2) is 0 Å². The van der Waals surface area contributed by atoms with Crippen LogP contribution in [0.25, 0.3) is 10.9 Å². The van der Waals surface area contributed by atoms with Crippen molar-refractivity contribution >= 4 is 16.9 Å². The molecule has 1 aromatic heterocycles. The fourth-order valence-electron chi connectivity index (χ4n) is 3.00. The number of carboxylic acids is 1. The summed E-state index contributed by atoms with van der Waals surface area (Å²) in [6.45, 7) is 7.26. The predicted molar refractivity (Wildman–Crippen MR) is 93.3 cm³/mol. The van der Waals surface area contributed by atoms with E-state index in [-0.39, 0.29) is 12.5 Å². The van der Waals surface area contributed by atoms with Gasteiger partial charge in [0.05, 0.1) is 11.1 Å². The fraction of sp³-hybridized carbons (Fsp3) is 0.526. The molecule has 2 rings (SSSR count). The molecule has 0 aliphatic heterocycles. The van der Waals surface area contributed by atoms with Gasteiger partial charge in [0, 0.05) is 24.7 Å². The van der Waals surface area contributed by atoms with Crippen LogP contribution in [0.3, 0.4) is 0 Å². The van der Waals surface area contributed by atoms with E-state index in [4.69, 9.17) is 5.11 Å². The highest BCUT2D eigenvalue weighted by molar-refractivity contribution is 6.04. The van der Waals surface area contributed by atoms with E-state index in [1.165, 1.54) is 0 Å². The van der Waals surface area contributed by atoms with Crippen molar-refractivity contribution in [3.8, 4) is 0 Å². The summed E-state index contributed by atoms with van der Waals surface area (Å²) in [7, 11) is 0. The maximum atomic E-state index is 11.8. The lowest BCUT2D eigenvalue weighted by Gasteiger charge is -2.11. The zero-order chi connectivity index (χ0) is 17.0. The molecule has 2 aromatic rings. The molecule has 1 aromatic carbocycles. The average molecular weight is 317 g/mol. The molecule has 0 fully saturated rings. The largest absolute Gasteiger partial charge is 0.478 e. The summed E-state index contributed by atoms with van der Waals surface area (Å²) in [5.41, 5.74) is 3.39. The van der Waals surface area contributed by atoms with Crippen LogP contribution >= 0.6 is 0 Å². The summed E-state index contributed by atoms with van der Waals surface area (Å²) in [6.07, 6.45) is 5.63. The summed E-state index contributed by atoms with van der Waals surface area (Å²) in [5.74, 6) is -0.593. The zero-order valence-electron chi connectivity index (χ0n) is 14.3. The van der Waals surface area contributed by atoms with Crippen LogP contribution in [0.1, 0.15) is 67.4 Å². The van der Waals surface area contributed by atoms with Gasteiger partial charge in [0.25, 0.3) is 0 Å². The molecule has 126 valence electrons. The van der Waals surface area contributed by atoms with Gasteiger partial charge in [0.1, 0.15) is 0 Å². The first-order valence-electron chi connectivity index (χ1n) is 8.49. The fourth-order valence-corrected chi connectivity index (χ4v) is 3.00. The van der Waals surface area contributed by atoms with Crippen LogP contribution in [0.5, 0.6) is 0 Å². The van der Waals surface area contributed by atoms with Crippen LogP contribution in [-0.4, -0.2) is 27.4 Å². The number of carbonyl (C=O) groups is 1. The van der Waals surface area contributed by atoms with Crippen molar-refractivity contribution in [2.45, 2.75) is 58.9 Å². The van der Waals surface area contributed by atoms with E-state index in [1.54, 1.807) is 0 Å². The number of hydrogen-bond donors (Lipinski definition) is 2. The van der Waals surface area contributed by atoms with E-state index in [0.29, 0.717) is 12.0 Å². The van der Waals surface area contributed by atoms with Gasteiger partial charge in [-0.05, 0) is 48.4 Å². The number of aryl methyl sites for hydroxylation is 2. The number of carboxylic acid groups (broad SMARTS) is 1. The monoisotopic (exact) mass is 317 g/mol. The Morgan fingerprint density at radius 2 is 2.00 bits per heavy atom. The Labute approximate surface area is 137 Å². The van der Waals surface area contributed by atoms with Crippen LogP contribution in [0, 0.1) is 0 Å². The first kappa shape index (κ1) is 17.5. The number of benzene rings is 1. The molecule has 0 spiro atoms. The molecule has 0 aliphatic carbocycles. The molecule has 0 unspecified atom stereocenters. The van der Waals surface area contributed by atoms with Gasteiger partial charge in [-0.1, -0.05) is 27.2 Å². The van der Waals surface area contributed by atoms with E-state index < -0.39 is 5.97 Å². The summed E-state index contributed by atoms with van der Waals surface area (Å²) in [5, 5.41) is 19.8. The number of aliphatic hydroxyl groups is 1. The van der Waals surface area contributed by atoms with Crippen molar-refractivity contribution < 1.29 is 15.0 Å². The van der Waals surface area contributed by atoms with Crippen LogP contribution in [0.2, 0.25) is 0 Å². The molecule has 0 saturated heterocycles. The third-order valence-corrected chi connectivity index (χ3v) is 4.33. The van der Waals surface area contributed by atoms with E-state index in [9.17, 15) is 9.90 Å². The lowest BCUT2D eigenvalue weighted by molar-refractivity contribution is 0.0698. The summed E-state index contributed by atoms with van der Waals surface area (Å²) >= 11 is 0. The van der Waals surface area contributed by atoms with Gasteiger partial charge in [-0.15, -0.1) is 0 Å². The zero-order valence-corrected chi connectivity index (χ0v) is 14.3. The van der Waals surface area contributed by atoms with Gasteiger partial charge < -0.3 is 14.8 Å². The SMILES string of the molecule is CCCCn1cc(CCCO)c2cc(C(C)C)cc(C(=O)O)c21. The normalized spacial score (nSPS) is 11.5. The van der Waals surface area contributed by atoms with Crippen LogP contribution in [0.15, 0.2) is 18.3 Å². The standard InChI is InChI=1S/C19H27NO3/c1-4-5-8-20-12-14(7-6-9-21)16-10-15(13(2)3)11-17(18(16)20)19(22)23/h10-13,21H,4-9H2,1-3H3,(H,22,23). The van der Waals surface area contributed by atoms with Gasteiger partial charge in [-0.2, -0.15) is 0 Å². The number of rotatable bonds is 8. The molecule has 0 amide bonds. The minimum Gasteiger partial charge on any atom is -0.478 e. The average Bonchev–Trinajstić information content (AvgIpc) is 2.87. The first-order chi connectivity index (χ1) is 11.0. The second-order valence-electron chi connectivity index (χ2n) is 6.45. The molecular formula is C19H27NO3. The molecular weight excluding hydrogens is 290 g/mol. The first-order valence-corrected chi connectivity index (χ1v) is 8.49. The van der Waals surface area contributed by atoms with Crippen LogP contribution in [0.4, 0.5) is 0 Å². The molecule has 1 heterocycles. The topological polar surface area (TPSA) is 62.5 Å². The van der Waals surface area contributed by atoms with Crippen molar-refractivity contribution in [2.24, 2.45) is 0 Å². The molecule has 0 bridgehead atoms. The number of aromatic carboxylic acids is 1. The van der Waals surface area contributed by atoms with Crippen molar-refractivity contribution in [3.05, 3.63) is 35.0 Å². The summed E-state index contributed by atoms with van der Waals surface area (Å²) < 4.78 is 2.08. The highest BCUT2D eigenvalue weighted by Gasteiger charge is 2.18. The second kappa shape index (κ2) is 7.64. The van der Waals surface area contributed by atoms with E-state index in [1.807, 2.05) is 6.07 Å². The number of aliphatic hydroxyl groups excluding tert-OH is 1. The molecule has 0 atom stereocenters. The van der Waals surface area contributed by atoms with Gasteiger partial charge >= 0.3 is 5.97 Å². The predicted octanol–water partition coefficient (Wildman–Crippen LogP) is 4.19. The van der Waals surface area contributed by atoms with Gasteiger partial charge in [-0.3, -0.25) is 0 Å². The van der Waals surface area contributed by atoms with Crippen molar-refractivity contribution in [1.82, 2.24) is 4.57 Å². The number of hydrogen-bond acceptors (Lipinski definition) is 2. The molecule has 4 heteroatoms. The maximum Gasteiger partial charge on any atom is 0.337 e. The Kier molecular flexibility index (Phi) is 5.83. The Bertz CT molecular complexity index is 685. The van der Waals surface area contributed by atoms with Gasteiger partial charge in [-0.25, -0.2) is 4.79 Å². The Morgan fingerprint density at radius 3 is 2.57 bits per heavy atom. The molecule has 23 heavy (non-hydrogen) atoms. The highest BCUT2D eigenvalue weighted by Crippen LogP contribution is 2.30. The Balaban J connectivity index is 2.68. The number of nitrogens with zero attached hydrogens (tertiary/aromatic N) is 1. The third kappa shape index (κ3) is 3.75. The van der Waals surface area contributed by atoms with E-state index in [0.717, 1.165) is 47.8 Å². The minimum atomic E-state index is -0.873. The van der Waals surface area contributed by atoms with Crippen molar-refractivity contribution in [3.63, 3.8) is 0 Å². The van der Waals surface area contributed by atoms with Crippen molar-refractivity contribution in [2.75, 3.05) is 6.61 Å². The summed E-state index contributed by atoms with van der Waals surface area (Å²) in [4.78, 5) is 11.8. The maximum absolute atomic E-state index is 11.8. The second-order valence-corrected chi connectivity index (χ2v) is 6.45. The molecule has 0 saturated carbocycles. The Morgan fingerprint density at radius 1 is 1.26 bits per heavy atom. The lowest BCUT2D eigenvalue weighted by Crippen LogP contribution is -2.05. The van der Waals surface area contributed by atoms with E-state index in [2.05, 4.69) is 37.6 Å². The Hall–Kier alpha value is -1.81. The van der Waals surface area contributed by atoms with E-state index >= 15 is 0 Å². The quantitative estimate of drug-likeness (QED) is 0.767. The smallest absolute Gasteiger partial charge is 0.337 e. The van der Waals surface area contributed by atoms with Crippen LogP contribution < -0.4 is 0 Å².